The number of aliphatic hydroxyl groups is 1. The van der Waals surface area contributed by atoms with Crippen LogP contribution in [0.1, 0.15) is 37.9 Å². The number of amides is 1. The Kier molecular flexibility index (Phi) is 5.08. The Morgan fingerprint density at radius 1 is 1.21 bits per heavy atom. The van der Waals surface area contributed by atoms with Crippen molar-refractivity contribution < 1.29 is 9.90 Å². The summed E-state index contributed by atoms with van der Waals surface area (Å²) in [5.41, 5.74) is 2.10. The number of carbonyl (C=O) groups excluding carboxylic acids is 1. The monoisotopic (exact) mass is 396 g/mol. The van der Waals surface area contributed by atoms with E-state index in [1.165, 1.54) is 25.7 Å². The molecule has 2 bridgehead atoms. The number of fused-ring (bicyclic) bond motifs is 5. The number of hydrogen-bond donors (Lipinski definition) is 1. The van der Waals surface area contributed by atoms with Crippen molar-refractivity contribution in [2.45, 2.75) is 57.7 Å². The second-order valence-electron chi connectivity index (χ2n) is 9.15. The molecule has 3 aliphatic heterocycles. The maximum atomic E-state index is 13.1. The number of likely N-dealkylation sites (tertiary alicyclic amines) is 1. The van der Waals surface area contributed by atoms with Crippen molar-refractivity contribution >= 4 is 16.9 Å². The highest BCUT2D eigenvalue weighted by molar-refractivity contribution is 5.78. The van der Waals surface area contributed by atoms with Crippen LogP contribution in [0.25, 0.3) is 11.0 Å². The van der Waals surface area contributed by atoms with Gasteiger partial charge in [-0.25, -0.2) is 4.98 Å². The number of aliphatic hydroxyl groups excluding tert-OH is 1. The zero-order valence-corrected chi connectivity index (χ0v) is 17.3. The number of para-hydroxylation sites is 2. The first kappa shape index (κ1) is 19.1. The molecule has 1 aromatic carbocycles. The van der Waals surface area contributed by atoms with Gasteiger partial charge in [0, 0.05) is 38.1 Å². The second kappa shape index (κ2) is 7.73. The van der Waals surface area contributed by atoms with Crippen molar-refractivity contribution in [1.29, 1.82) is 0 Å². The molecule has 3 saturated heterocycles. The van der Waals surface area contributed by atoms with Crippen LogP contribution in [0.4, 0.5) is 0 Å². The first-order valence-electron chi connectivity index (χ1n) is 11.2. The van der Waals surface area contributed by atoms with Gasteiger partial charge in [0.05, 0.1) is 17.6 Å². The zero-order valence-electron chi connectivity index (χ0n) is 17.3. The van der Waals surface area contributed by atoms with E-state index in [1.807, 2.05) is 25.1 Å². The molecule has 2 aromatic rings. The molecule has 0 unspecified atom stereocenters. The number of carbonyl (C=O) groups is 1. The van der Waals surface area contributed by atoms with E-state index in [-0.39, 0.29) is 18.6 Å². The Hall–Kier alpha value is -1.92. The Bertz CT molecular complexity index is 880. The normalized spacial score (nSPS) is 29.8. The van der Waals surface area contributed by atoms with Crippen LogP contribution < -0.4 is 0 Å². The minimum atomic E-state index is 0.218. The van der Waals surface area contributed by atoms with Crippen LogP contribution in [0, 0.1) is 18.8 Å². The molecule has 4 heterocycles. The van der Waals surface area contributed by atoms with Crippen LogP contribution in [-0.4, -0.2) is 68.7 Å². The molecule has 6 heteroatoms. The third kappa shape index (κ3) is 3.36. The number of nitrogens with zero attached hydrogens (tertiary/aromatic N) is 4. The molecule has 6 nitrogen and oxygen atoms in total. The molecule has 4 atom stereocenters. The standard InChI is InChI=1S/C23H32N4O2/c1-16-24-19-6-2-3-8-21(19)26(16)11-9-23(29)25-13-17-12-18(14-25)22(15-28)27-10-5-4-7-20(17)27/h2-3,6,8,17-18,20,22,28H,4-5,7,9-15H2,1H3/t17-,18+,20+,22+/m1/s1. The van der Waals surface area contributed by atoms with Gasteiger partial charge in [-0.2, -0.15) is 0 Å². The Morgan fingerprint density at radius 3 is 2.90 bits per heavy atom. The van der Waals surface area contributed by atoms with Crippen LogP contribution in [0.3, 0.4) is 0 Å². The van der Waals surface area contributed by atoms with Crippen molar-refractivity contribution in [3.05, 3.63) is 30.1 Å². The molecule has 3 fully saturated rings. The van der Waals surface area contributed by atoms with Gasteiger partial charge in [0.15, 0.2) is 0 Å². The predicted octanol–water partition coefficient (Wildman–Crippen LogP) is 2.43. The predicted molar refractivity (Wildman–Crippen MR) is 112 cm³/mol. The molecule has 156 valence electrons. The summed E-state index contributed by atoms with van der Waals surface area (Å²) in [6.07, 6.45) is 5.42. The van der Waals surface area contributed by atoms with E-state index in [9.17, 15) is 9.90 Å². The fourth-order valence-electron chi connectivity index (χ4n) is 6.21. The van der Waals surface area contributed by atoms with Gasteiger partial charge in [-0.05, 0) is 56.7 Å². The summed E-state index contributed by atoms with van der Waals surface area (Å²) in [7, 11) is 0. The quantitative estimate of drug-likeness (QED) is 0.862. The van der Waals surface area contributed by atoms with E-state index in [2.05, 4.69) is 25.4 Å². The van der Waals surface area contributed by atoms with E-state index in [4.69, 9.17) is 0 Å². The minimum Gasteiger partial charge on any atom is -0.395 e. The summed E-state index contributed by atoms with van der Waals surface area (Å²) in [6.45, 7) is 5.71. The Morgan fingerprint density at radius 2 is 2.03 bits per heavy atom. The number of aryl methyl sites for hydroxylation is 2. The summed E-state index contributed by atoms with van der Waals surface area (Å²) in [5.74, 6) is 2.19. The fourth-order valence-corrected chi connectivity index (χ4v) is 6.21. The summed E-state index contributed by atoms with van der Waals surface area (Å²) < 4.78 is 2.16. The lowest BCUT2D eigenvalue weighted by atomic mass is 9.72. The smallest absolute Gasteiger partial charge is 0.224 e. The first-order valence-corrected chi connectivity index (χ1v) is 11.2. The summed E-state index contributed by atoms with van der Waals surface area (Å²) in [6, 6.07) is 8.91. The molecule has 0 spiro atoms. The summed E-state index contributed by atoms with van der Waals surface area (Å²) in [4.78, 5) is 22.4. The first-order chi connectivity index (χ1) is 14.2. The molecule has 1 aromatic heterocycles. The van der Waals surface area contributed by atoms with E-state index in [0.717, 1.165) is 36.5 Å². The molecule has 3 aliphatic rings. The molecule has 29 heavy (non-hydrogen) atoms. The molecular formula is C23H32N4O2. The van der Waals surface area contributed by atoms with Crippen LogP contribution in [0.2, 0.25) is 0 Å². The number of imidazole rings is 1. The van der Waals surface area contributed by atoms with Gasteiger partial charge in [-0.3, -0.25) is 9.69 Å². The second-order valence-corrected chi connectivity index (χ2v) is 9.15. The van der Waals surface area contributed by atoms with E-state index in [0.29, 0.717) is 30.8 Å². The summed E-state index contributed by atoms with van der Waals surface area (Å²) >= 11 is 0. The third-order valence-electron chi connectivity index (χ3n) is 7.56. The van der Waals surface area contributed by atoms with Gasteiger partial charge in [0.25, 0.3) is 0 Å². The van der Waals surface area contributed by atoms with Crippen molar-refractivity contribution in [2.24, 2.45) is 11.8 Å². The molecular weight excluding hydrogens is 364 g/mol. The molecule has 5 rings (SSSR count). The maximum Gasteiger partial charge on any atom is 0.224 e. The van der Waals surface area contributed by atoms with Gasteiger partial charge in [0.1, 0.15) is 5.82 Å². The van der Waals surface area contributed by atoms with Gasteiger partial charge < -0.3 is 14.6 Å². The molecule has 1 amide bonds. The van der Waals surface area contributed by atoms with Crippen molar-refractivity contribution in [1.82, 2.24) is 19.4 Å². The molecule has 0 aliphatic carbocycles. The van der Waals surface area contributed by atoms with Gasteiger partial charge >= 0.3 is 0 Å². The van der Waals surface area contributed by atoms with Crippen LogP contribution in [0.5, 0.6) is 0 Å². The molecule has 0 saturated carbocycles. The lowest BCUT2D eigenvalue weighted by Gasteiger charge is -2.56. The lowest BCUT2D eigenvalue weighted by molar-refractivity contribution is -0.142. The average Bonchev–Trinajstić information content (AvgIpc) is 3.07. The topological polar surface area (TPSA) is 61.6 Å². The maximum absolute atomic E-state index is 13.1. The number of aromatic nitrogens is 2. The van der Waals surface area contributed by atoms with E-state index in [1.54, 1.807) is 0 Å². The van der Waals surface area contributed by atoms with Crippen molar-refractivity contribution in [2.75, 3.05) is 26.2 Å². The molecule has 0 radical (unpaired) electrons. The lowest BCUT2D eigenvalue weighted by Crippen LogP contribution is -2.65. The number of piperidine rings is 3. The van der Waals surface area contributed by atoms with Gasteiger partial charge in [-0.1, -0.05) is 18.6 Å². The van der Waals surface area contributed by atoms with Gasteiger partial charge in [-0.15, -0.1) is 0 Å². The highest BCUT2D eigenvalue weighted by atomic mass is 16.3. The van der Waals surface area contributed by atoms with Gasteiger partial charge in [0.2, 0.25) is 5.91 Å². The Labute approximate surface area is 172 Å². The third-order valence-corrected chi connectivity index (χ3v) is 7.56. The SMILES string of the molecule is Cc1nc2ccccc2n1CCC(=O)N1C[C@H]2C[C@@H](C1)[C@H](CO)N1CCCC[C@@H]21. The largest absolute Gasteiger partial charge is 0.395 e. The van der Waals surface area contributed by atoms with Crippen LogP contribution in [-0.2, 0) is 11.3 Å². The van der Waals surface area contributed by atoms with Crippen LogP contribution >= 0.6 is 0 Å². The highest BCUT2D eigenvalue weighted by Crippen LogP contribution is 2.41. The number of hydrogen-bond acceptors (Lipinski definition) is 4. The van der Waals surface area contributed by atoms with Crippen molar-refractivity contribution in [3.8, 4) is 0 Å². The number of rotatable bonds is 4. The van der Waals surface area contributed by atoms with E-state index >= 15 is 0 Å². The highest BCUT2D eigenvalue weighted by Gasteiger charge is 2.47. The van der Waals surface area contributed by atoms with Crippen LogP contribution in [0.15, 0.2) is 24.3 Å². The number of benzene rings is 1. The molecule has 1 N–H and O–H groups in total. The summed E-state index contributed by atoms with van der Waals surface area (Å²) in [5, 5.41) is 10.1. The fraction of sp³-hybridized carbons (Fsp3) is 0.652. The minimum absolute atomic E-state index is 0.218. The average molecular weight is 397 g/mol. The van der Waals surface area contributed by atoms with E-state index < -0.39 is 0 Å². The Balaban J connectivity index is 1.29. The zero-order chi connectivity index (χ0) is 20.0. The van der Waals surface area contributed by atoms with Crippen molar-refractivity contribution in [3.63, 3.8) is 0 Å².